The van der Waals surface area contributed by atoms with Gasteiger partial charge in [0.1, 0.15) is 0 Å². The van der Waals surface area contributed by atoms with Crippen LogP contribution in [0.4, 0.5) is 0 Å². The minimum absolute atomic E-state index is 0.464. The number of nitrogens with zero attached hydrogens (tertiary/aromatic N) is 2. The molecule has 0 aromatic rings. The van der Waals surface area contributed by atoms with Crippen molar-refractivity contribution in [2.45, 2.75) is 47.6 Å². The zero-order chi connectivity index (χ0) is 11.7. The maximum absolute atomic E-state index is 4.13. The molecule has 0 aromatic carbocycles. The maximum atomic E-state index is 4.13. The zero-order valence-electron chi connectivity index (χ0n) is 10.8. The summed E-state index contributed by atoms with van der Waals surface area (Å²) in [6.45, 7) is 16.4. The quantitative estimate of drug-likeness (QED) is 0.500. The first kappa shape index (κ1) is 15.7. The average Bonchev–Trinajstić information content (AvgIpc) is 2.21. The molecule has 14 heavy (non-hydrogen) atoms. The largest absolute Gasteiger partial charge is 0.335 e. The Kier molecular flexibility index (Phi) is 9.84. The van der Waals surface area contributed by atoms with E-state index >= 15 is 0 Å². The Bertz CT molecular complexity index is 171. The highest BCUT2D eigenvalue weighted by atomic mass is 15.2. The smallest absolute Gasteiger partial charge is 0.0996 e. The molecule has 1 unspecified atom stereocenters. The lowest BCUT2D eigenvalue weighted by Crippen LogP contribution is -2.35. The van der Waals surface area contributed by atoms with E-state index in [4.69, 9.17) is 0 Å². The molecule has 0 N–H and O–H groups in total. The Morgan fingerprint density at radius 2 is 1.71 bits per heavy atom. The third-order valence-corrected chi connectivity index (χ3v) is 2.30. The monoisotopic (exact) mass is 198 g/mol. The lowest BCUT2D eigenvalue weighted by Gasteiger charge is -2.29. The highest BCUT2D eigenvalue weighted by Crippen LogP contribution is 2.10. The highest BCUT2D eigenvalue weighted by Gasteiger charge is 2.14. The van der Waals surface area contributed by atoms with Gasteiger partial charge in [0.2, 0.25) is 0 Å². The summed E-state index contributed by atoms with van der Waals surface area (Å²) in [6.07, 6.45) is 1.84. The van der Waals surface area contributed by atoms with Gasteiger partial charge in [-0.3, -0.25) is 4.99 Å². The van der Waals surface area contributed by atoms with Crippen LogP contribution >= 0.6 is 0 Å². The molecule has 0 aromatic heterocycles. The van der Waals surface area contributed by atoms with E-state index in [1.165, 1.54) is 0 Å². The van der Waals surface area contributed by atoms with Crippen molar-refractivity contribution in [2.24, 2.45) is 10.9 Å². The van der Waals surface area contributed by atoms with E-state index in [0.717, 1.165) is 5.84 Å². The molecule has 0 saturated carbocycles. The van der Waals surface area contributed by atoms with Gasteiger partial charge >= 0.3 is 0 Å². The Morgan fingerprint density at radius 1 is 1.29 bits per heavy atom. The fourth-order valence-corrected chi connectivity index (χ4v) is 1.03. The number of amidine groups is 1. The third-order valence-electron chi connectivity index (χ3n) is 2.30. The molecule has 2 nitrogen and oxygen atoms in total. The molecule has 0 saturated heterocycles. The van der Waals surface area contributed by atoms with Crippen molar-refractivity contribution in [2.75, 3.05) is 7.05 Å². The van der Waals surface area contributed by atoms with Crippen LogP contribution in [0.3, 0.4) is 0 Å². The lowest BCUT2D eigenvalue weighted by molar-refractivity contribution is 0.334. The van der Waals surface area contributed by atoms with Crippen LogP contribution in [-0.2, 0) is 0 Å². The molecule has 0 amide bonds. The summed E-state index contributed by atoms with van der Waals surface area (Å²) in [5.74, 6) is 1.63. The number of hydrogen-bond acceptors (Lipinski definition) is 1. The number of aliphatic imine (C=N–C) groups is 1. The number of rotatable bonds is 3. The van der Waals surface area contributed by atoms with Gasteiger partial charge in [-0.2, -0.15) is 0 Å². The zero-order valence-corrected chi connectivity index (χ0v) is 10.8. The second-order valence-corrected chi connectivity index (χ2v) is 3.35. The van der Waals surface area contributed by atoms with Crippen LogP contribution in [0.1, 0.15) is 41.5 Å². The van der Waals surface area contributed by atoms with Crippen molar-refractivity contribution < 1.29 is 0 Å². The van der Waals surface area contributed by atoms with Crippen LogP contribution in [0, 0.1) is 5.92 Å². The van der Waals surface area contributed by atoms with Crippen molar-refractivity contribution >= 4 is 5.84 Å². The van der Waals surface area contributed by atoms with Gasteiger partial charge in [-0.05, 0) is 26.0 Å². The van der Waals surface area contributed by atoms with Crippen molar-refractivity contribution in [3.63, 3.8) is 0 Å². The first-order chi connectivity index (χ1) is 6.54. The molecule has 0 fully saturated rings. The first-order valence-corrected chi connectivity index (χ1v) is 5.38. The van der Waals surface area contributed by atoms with Crippen molar-refractivity contribution in [3.8, 4) is 0 Å². The molecule has 0 rings (SSSR count). The van der Waals surface area contributed by atoms with E-state index < -0.39 is 0 Å². The molecule has 2 heteroatoms. The Morgan fingerprint density at radius 3 is 1.93 bits per heavy atom. The van der Waals surface area contributed by atoms with Crippen LogP contribution in [0.25, 0.3) is 0 Å². The van der Waals surface area contributed by atoms with E-state index in [2.05, 4.69) is 37.2 Å². The molecule has 84 valence electrons. The molecule has 0 bridgehead atoms. The van der Waals surface area contributed by atoms with E-state index in [1.807, 2.05) is 27.0 Å². The van der Waals surface area contributed by atoms with Crippen molar-refractivity contribution in [1.29, 1.82) is 0 Å². The minimum Gasteiger partial charge on any atom is -0.335 e. The van der Waals surface area contributed by atoms with Gasteiger partial charge in [0.15, 0.2) is 0 Å². The fraction of sp³-hybridized carbons (Fsp3) is 0.750. The molecule has 1 atom stereocenters. The number of hydrogen-bond donors (Lipinski definition) is 0. The lowest BCUT2D eigenvalue weighted by atomic mass is 10.1. The Labute approximate surface area is 89.7 Å². The van der Waals surface area contributed by atoms with Gasteiger partial charge < -0.3 is 4.90 Å². The molecule has 0 aliphatic heterocycles. The molecule has 0 spiro atoms. The Balaban J connectivity index is 0. The van der Waals surface area contributed by atoms with Crippen LogP contribution in [-0.4, -0.2) is 23.8 Å². The summed E-state index contributed by atoms with van der Waals surface area (Å²) in [5.41, 5.74) is 0. The van der Waals surface area contributed by atoms with Gasteiger partial charge in [0.25, 0.3) is 0 Å². The third kappa shape index (κ3) is 5.05. The normalized spacial score (nSPS) is 13.0. The summed E-state index contributed by atoms with van der Waals surface area (Å²) in [6, 6.07) is 0.464. The summed E-state index contributed by atoms with van der Waals surface area (Å²) in [4.78, 5) is 6.24. The summed E-state index contributed by atoms with van der Waals surface area (Å²) < 4.78 is 0. The molecule has 0 aliphatic carbocycles. The van der Waals surface area contributed by atoms with Gasteiger partial charge in [-0.15, -0.1) is 0 Å². The second kappa shape index (κ2) is 8.79. The predicted molar refractivity (Wildman–Crippen MR) is 66.7 cm³/mol. The summed E-state index contributed by atoms with van der Waals surface area (Å²) >= 11 is 0. The van der Waals surface area contributed by atoms with Crippen LogP contribution in [0.2, 0.25) is 0 Å². The fourth-order valence-electron chi connectivity index (χ4n) is 1.03. The molecular weight excluding hydrogens is 172 g/mol. The SMILES string of the molecule is C=CN(C(C)=NC)C(C)C(C)C.CC. The topological polar surface area (TPSA) is 15.6 Å². The second-order valence-electron chi connectivity index (χ2n) is 3.35. The van der Waals surface area contributed by atoms with E-state index in [1.54, 1.807) is 7.05 Å². The molecule has 0 radical (unpaired) electrons. The highest BCUT2D eigenvalue weighted by molar-refractivity contribution is 5.80. The van der Waals surface area contributed by atoms with Gasteiger partial charge in [0, 0.05) is 13.1 Å². The summed E-state index contributed by atoms with van der Waals surface area (Å²) in [5, 5.41) is 0. The van der Waals surface area contributed by atoms with Crippen LogP contribution < -0.4 is 0 Å². The van der Waals surface area contributed by atoms with E-state index in [9.17, 15) is 0 Å². The van der Waals surface area contributed by atoms with E-state index in [0.29, 0.717) is 12.0 Å². The average molecular weight is 198 g/mol. The standard InChI is InChI=1S/C10H20N2.C2H6/c1-7-12(10(5)11-6)9(4)8(2)3;1-2/h7-9H,1H2,2-6H3;1-2H3. The van der Waals surface area contributed by atoms with E-state index in [-0.39, 0.29) is 0 Å². The molecule has 0 heterocycles. The van der Waals surface area contributed by atoms with Crippen LogP contribution in [0.5, 0.6) is 0 Å². The Hall–Kier alpha value is -0.790. The molecular formula is C12H26N2. The minimum atomic E-state index is 0.464. The van der Waals surface area contributed by atoms with Gasteiger partial charge in [-0.1, -0.05) is 34.3 Å². The van der Waals surface area contributed by atoms with Crippen molar-refractivity contribution in [3.05, 3.63) is 12.8 Å². The van der Waals surface area contributed by atoms with Crippen molar-refractivity contribution in [1.82, 2.24) is 4.90 Å². The van der Waals surface area contributed by atoms with Crippen LogP contribution in [0.15, 0.2) is 17.8 Å². The maximum Gasteiger partial charge on any atom is 0.0996 e. The predicted octanol–water partition coefficient (Wildman–Crippen LogP) is 3.55. The first-order valence-electron chi connectivity index (χ1n) is 5.38. The van der Waals surface area contributed by atoms with Gasteiger partial charge in [0.05, 0.1) is 5.84 Å². The van der Waals surface area contributed by atoms with Gasteiger partial charge in [-0.25, -0.2) is 0 Å². The summed E-state index contributed by atoms with van der Waals surface area (Å²) in [7, 11) is 1.80. The molecule has 0 aliphatic rings.